The molecule has 1 heterocycles. The first-order valence-electron chi connectivity index (χ1n) is 9.66. The predicted molar refractivity (Wildman–Crippen MR) is 104 cm³/mol. The van der Waals surface area contributed by atoms with Crippen LogP contribution in [0, 0.1) is 5.92 Å². The van der Waals surface area contributed by atoms with Crippen LogP contribution in [0.3, 0.4) is 0 Å². The summed E-state index contributed by atoms with van der Waals surface area (Å²) >= 11 is 0. The third-order valence-corrected chi connectivity index (χ3v) is 4.91. The maximum atomic E-state index is 13.0. The molecule has 1 aromatic rings. The highest BCUT2D eigenvalue weighted by Gasteiger charge is 2.41. The molecule has 8 heteroatoms. The summed E-state index contributed by atoms with van der Waals surface area (Å²) in [5.74, 6) is 0.261. The Balaban J connectivity index is 1.98. The number of azide groups is 1. The maximum Gasteiger partial charge on any atom is 0.410 e. The fraction of sp³-hybridized carbons (Fsp3) is 0.600. The number of benzene rings is 1. The normalized spacial score (nSPS) is 23.0. The van der Waals surface area contributed by atoms with Crippen LogP contribution in [-0.2, 0) is 9.53 Å². The minimum atomic E-state index is -0.954. The maximum absolute atomic E-state index is 13.0. The number of hydrogen-bond donors (Lipinski definition) is 0. The van der Waals surface area contributed by atoms with E-state index in [0.717, 1.165) is 18.4 Å². The summed E-state index contributed by atoms with van der Waals surface area (Å²) in [5.41, 5.74) is 9.21. The van der Waals surface area contributed by atoms with Crippen LogP contribution in [0.25, 0.3) is 10.4 Å². The van der Waals surface area contributed by atoms with Gasteiger partial charge in [-0.1, -0.05) is 35.4 Å². The van der Waals surface area contributed by atoms with E-state index >= 15 is 0 Å². The summed E-state index contributed by atoms with van der Waals surface area (Å²) in [4.78, 5) is 32.1. The van der Waals surface area contributed by atoms with Gasteiger partial charge in [0.1, 0.15) is 11.6 Å². The zero-order chi connectivity index (χ0) is 20.3. The Hall–Kier alpha value is -2.73. The van der Waals surface area contributed by atoms with Gasteiger partial charge in [-0.05, 0) is 50.6 Å². The van der Waals surface area contributed by atoms with Gasteiger partial charge in [-0.3, -0.25) is 9.69 Å². The van der Waals surface area contributed by atoms with Crippen LogP contribution in [0.4, 0.5) is 4.79 Å². The van der Waals surface area contributed by atoms with Gasteiger partial charge in [0.05, 0.1) is 6.04 Å². The first-order valence-corrected chi connectivity index (χ1v) is 9.66. The number of ether oxygens (including phenoxy) is 1. The lowest BCUT2D eigenvalue weighted by Gasteiger charge is -2.33. The van der Waals surface area contributed by atoms with Gasteiger partial charge in [0, 0.05) is 24.5 Å². The lowest BCUT2D eigenvalue weighted by molar-refractivity contribution is -0.132. The molecule has 2 amide bonds. The van der Waals surface area contributed by atoms with Crippen molar-refractivity contribution in [3.63, 3.8) is 0 Å². The molecule has 0 unspecified atom stereocenters. The van der Waals surface area contributed by atoms with E-state index in [-0.39, 0.29) is 18.5 Å². The molecule has 2 aliphatic rings. The first-order chi connectivity index (χ1) is 13.3. The quantitative estimate of drug-likeness (QED) is 0.446. The molecule has 0 N–H and O–H groups in total. The largest absolute Gasteiger partial charge is 0.444 e. The number of carbonyl (C=O) groups excluding carboxylic acids is 2. The Bertz CT molecular complexity index is 766. The summed E-state index contributed by atoms with van der Waals surface area (Å²) in [5, 5.41) is 3.70. The van der Waals surface area contributed by atoms with E-state index in [1.807, 2.05) is 30.3 Å². The number of amides is 2. The van der Waals surface area contributed by atoms with E-state index < -0.39 is 17.7 Å². The van der Waals surface area contributed by atoms with E-state index in [1.54, 1.807) is 25.7 Å². The fourth-order valence-corrected chi connectivity index (χ4v) is 3.41. The topological polar surface area (TPSA) is 98.6 Å². The monoisotopic (exact) mass is 385 g/mol. The van der Waals surface area contributed by atoms with Gasteiger partial charge >= 0.3 is 6.09 Å². The highest BCUT2D eigenvalue weighted by Crippen LogP contribution is 2.33. The van der Waals surface area contributed by atoms with E-state index in [9.17, 15) is 9.59 Å². The molecule has 0 spiro atoms. The van der Waals surface area contributed by atoms with Crippen molar-refractivity contribution in [2.75, 3.05) is 19.6 Å². The molecule has 0 radical (unpaired) electrons. The van der Waals surface area contributed by atoms with Crippen LogP contribution < -0.4 is 0 Å². The second-order valence-electron chi connectivity index (χ2n) is 8.47. The van der Waals surface area contributed by atoms with Crippen molar-refractivity contribution in [3.05, 3.63) is 46.3 Å². The van der Waals surface area contributed by atoms with Crippen molar-refractivity contribution in [2.24, 2.45) is 11.0 Å². The zero-order valence-corrected chi connectivity index (χ0v) is 16.6. The van der Waals surface area contributed by atoms with Gasteiger partial charge in [0.15, 0.2) is 0 Å². The molecule has 28 heavy (non-hydrogen) atoms. The van der Waals surface area contributed by atoms with Crippen LogP contribution in [0.5, 0.6) is 0 Å². The van der Waals surface area contributed by atoms with Crippen LogP contribution >= 0.6 is 0 Å². The molecule has 8 nitrogen and oxygen atoms in total. The Morgan fingerprint density at radius 2 is 1.93 bits per heavy atom. The summed E-state index contributed by atoms with van der Waals surface area (Å²) < 4.78 is 5.60. The van der Waals surface area contributed by atoms with Gasteiger partial charge in [-0.15, -0.1) is 0 Å². The van der Waals surface area contributed by atoms with Crippen LogP contribution in [0.2, 0.25) is 0 Å². The van der Waals surface area contributed by atoms with Gasteiger partial charge in [0.2, 0.25) is 5.91 Å². The standard InChI is InChI=1S/C20H27N5O3/c1-20(2,3)28-19(27)25-12-16(22-23-21)18(26)24(11-14-9-10-14)13-17(25)15-7-5-4-6-8-15/h4-8,14,16-17H,9-13H2,1-3H3/t16-,17+/m0/s1. The van der Waals surface area contributed by atoms with Gasteiger partial charge in [-0.2, -0.15) is 0 Å². The third-order valence-electron chi connectivity index (χ3n) is 4.91. The average Bonchev–Trinajstić information content (AvgIpc) is 3.46. The molecule has 1 saturated heterocycles. The molecule has 0 bridgehead atoms. The Morgan fingerprint density at radius 1 is 1.25 bits per heavy atom. The van der Waals surface area contributed by atoms with Crippen LogP contribution in [-0.4, -0.2) is 53.1 Å². The lowest BCUT2D eigenvalue weighted by Crippen LogP contribution is -2.43. The Morgan fingerprint density at radius 3 is 2.50 bits per heavy atom. The Labute approximate surface area is 165 Å². The predicted octanol–water partition coefficient (Wildman–Crippen LogP) is 3.90. The first kappa shape index (κ1) is 20.0. The van der Waals surface area contributed by atoms with Crippen molar-refractivity contribution >= 4 is 12.0 Å². The van der Waals surface area contributed by atoms with Gasteiger partial charge in [-0.25, -0.2) is 4.79 Å². The SMILES string of the molecule is CC(C)(C)OC(=O)N1C[C@H](N=[N+]=[N-])C(=O)N(CC2CC2)C[C@@H]1c1ccccc1. The molecule has 1 aliphatic carbocycles. The minimum Gasteiger partial charge on any atom is -0.444 e. The minimum absolute atomic E-state index is 0.00145. The second-order valence-corrected chi connectivity index (χ2v) is 8.47. The molecule has 1 aromatic carbocycles. The van der Waals surface area contributed by atoms with E-state index in [0.29, 0.717) is 19.0 Å². The van der Waals surface area contributed by atoms with Crippen molar-refractivity contribution in [1.29, 1.82) is 0 Å². The molecule has 2 atom stereocenters. The van der Waals surface area contributed by atoms with Crippen molar-refractivity contribution in [3.8, 4) is 0 Å². The highest BCUT2D eigenvalue weighted by molar-refractivity contribution is 5.84. The smallest absolute Gasteiger partial charge is 0.410 e. The molecule has 1 saturated carbocycles. The summed E-state index contributed by atoms with van der Waals surface area (Å²) in [6.45, 7) is 6.39. The molecule has 0 aromatic heterocycles. The van der Waals surface area contributed by atoms with Crippen molar-refractivity contribution in [2.45, 2.75) is 51.3 Å². The zero-order valence-electron chi connectivity index (χ0n) is 16.6. The average molecular weight is 385 g/mol. The van der Waals surface area contributed by atoms with E-state index in [1.165, 1.54) is 4.90 Å². The van der Waals surface area contributed by atoms with Crippen LogP contribution in [0.1, 0.15) is 45.2 Å². The molecule has 2 fully saturated rings. The molecular formula is C20H27N5O3. The number of hydrogen-bond acceptors (Lipinski definition) is 4. The molecule has 150 valence electrons. The number of rotatable bonds is 4. The number of nitrogens with zero attached hydrogens (tertiary/aromatic N) is 5. The molecule has 1 aliphatic heterocycles. The summed E-state index contributed by atoms with van der Waals surface area (Å²) in [6.07, 6.45) is 1.68. The van der Waals surface area contributed by atoms with Gasteiger partial charge in [0.25, 0.3) is 0 Å². The van der Waals surface area contributed by atoms with Crippen molar-refractivity contribution < 1.29 is 14.3 Å². The fourth-order valence-electron chi connectivity index (χ4n) is 3.41. The Kier molecular flexibility index (Phi) is 5.79. The van der Waals surface area contributed by atoms with E-state index in [4.69, 9.17) is 10.3 Å². The van der Waals surface area contributed by atoms with Gasteiger partial charge < -0.3 is 9.64 Å². The lowest BCUT2D eigenvalue weighted by atomic mass is 10.1. The second kappa shape index (κ2) is 8.10. The summed E-state index contributed by atoms with van der Waals surface area (Å²) in [6, 6.07) is 8.29. The van der Waals surface area contributed by atoms with Crippen LogP contribution in [0.15, 0.2) is 35.4 Å². The molecular weight excluding hydrogens is 358 g/mol. The highest BCUT2D eigenvalue weighted by atomic mass is 16.6. The summed E-state index contributed by atoms with van der Waals surface area (Å²) in [7, 11) is 0. The third kappa shape index (κ3) is 4.95. The van der Waals surface area contributed by atoms with E-state index in [2.05, 4.69) is 10.0 Å². The number of carbonyl (C=O) groups is 2. The molecule has 3 rings (SSSR count). The van der Waals surface area contributed by atoms with Crippen molar-refractivity contribution in [1.82, 2.24) is 9.80 Å².